The van der Waals surface area contributed by atoms with Crippen molar-refractivity contribution >= 4 is 10.9 Å². The number of aromatic nitrogens is 4. The van der Waals surface area contributed by atoms with E-state index in [0.29, 0.717) is 13.1 Å². The molecule has 0 bridgehead atoms. The highest BCUT2D eigenvalue weighted by Gasteiger charge is 2.05. The van der Waals surface area contributed by atoms with E-state index in [-0.39, 0.29) is 0 Å². The third-order valence-corrected chi connectivity index (χ3v) is 3.04. The van der Waals surface area contributed by atoms with Crippen molar-refractivity contribution in [3.63, 3.8) is 0 Å². The molecule has 2 aromatic heterocycles. The number of rotatable bonds is 4. The van der Waals surface area contributed by atoms with Crippen molar-refractivity contribution in [2.75, 3.05) is 6.54 Å². The van der Waals surface area contributed by atoms with Gasteiger partial charge in [-0.25, -0.2) is 4.68 Å². The summed E-state index contributed by atoms with van der Waals surface area (Å²) in [5.74, 6) is 0. The number of benzene rings is 1. The van der Waals surface area contributed by atoms with Crippen molar-refractivity contribution in [3.05, 3.63) is 54.0 Å². The summed E-state index contributed by atoms with van der Waals surface area (Å²) >= 11 is 0. The highest BCUT2D eigenvalue weighted by Crippen LogP contribution is 2.16. The van der Waals surface area contributed by atoms with Crippen molar-refractivity contribution < 1.29 is 0 Å². The molecule has 2 heterocycles. The summed E-state index contributed by atoms with van der Waals surface area (Å²) in [5.41, 5.74) is 8.59. The molecule has 0 amide bonds. The van der Waals surface area contributed by atoms with Crippen molar-refractivity contribution in [2.24, 2.45) is 5.73 Å². The molecule has 0 aliphatic carbocycles. The van der Waals surface area contributed by atoms with Crippen LogP contribution in [0.2, 0.25) is 0 Å². The normalized spacial score (nSPS) is 11.0. The molecule has 3 rings (SSSR count). The van der Waals surface area contributed by atoms with Gasteiger partial charge in [-0.05, 0) is 18.2 Å². The maximum absolute atomic E-state index is 5.51. The minimum absolute atomic E-state index is 0.592. The van der Waals surface area contributed by atoms with Crippen molar-refractivity contribution in [1.82, 2.24) is 20.0 Å². The highest BCUT2D eigenvalue weighted by molar-refractivity contribution is 5.81. The van der Waals surface area contributed by atoms with E-state index in [0.717, 1.165) is 28.6 Å². The van der Waals surface area contributed by atoms with Gasteiger partial charge in [0.15, 0.2) is 0 Å². The lowest BCUT2D eigenvalue weighted by atomic mass is 10.1. The predicted molar refractivity (Wildman–Crippen MR) is 73.6 cm³/mol. The molecular formula is C14H15N5. The zero-order valence-corrected chi connectivity index (χ0v) is 10.5. The maximum atomic E-state index is 5.51. The number of nitrogens with zero attached hydrogens (tertiary/aromatic N) is 4. The second kappa shape index (κ2) is 5.16. The molecule has 0 saturated heterocycles. The molecule has 5 heteroatoms. The zero-order valence-electron chi connectivity index (χ0n) is 10.5. The first kappa shape index (κ1) is 11.8. The number of hydrogen-bond donors (Lipinski definition) is 1. The van der Waals surface area contributed by atoms with Crippen LogP contribution in [0.1, 0.15) is 11.3 Å². The smallest absolute Gasteiger partial charge is 0.0839 e. The van der Waals surface area contributed by atoms with Gasteiger partial charge in [-0.2, -0.15) is 0 Å². The minimum atomic E-state index is 0.592. The first-order valence-electron chi connectivity index (χ1n) is 6.28. The average molecular weight is 253 g/mol. The lowest BCUT2D eigenvalue weighted by Crippen LogP contribution is -2.03. The molecule has 19 heavy (non-hydrogen) atoms. The molecule has 0 fully saturated rings. The van der Waals surface area contributed by atoms with Gasteiger partial charge in [-0.3, -0.25) is 4.98 Å². The fraction of sp³-hybridized carbons (Fsp3) is 0.214. The van der Waals surface area contributed by atoms with Crippen LogP contribution < -0.4 is 5.73 Å². The monoisotopic (exact) mass is 253 g/mol. The Kier molecular flexibility index (Phi) is 3.20. The summed E-state index contributed by atoms with van der Waals surface area (Å²) < 4.78 is 1.83. The predicted octanol–water partition coefficient (Wildman–Crippen LogP) is 1.38. The largest absolute Gasteiger partial charge is 0.330 e. The second-order valence-electron chi connectivity index (χ2n) is 4.44. The summed E-state index contributed by atoms with van der Waals surface area (Å²) in [6.45, 7) is 1.26. The molecule has 1 aromatic carbocycles. The number of nitrogens with two attached hydrogens (primary N) is 1. The Morgan fingerprint density at radius 1 is 1.16 bits per heavy atom. The van der Waals surface area contributed by atoms with Crippen LogP contribution in [0.3, 0.4) is 0 Å². The summed E-state index contributed by atoms with van der Waals surface area (Å²) in [7, 11) is 0. The minimum Gasteiger partial charge on any atom is -0.330 e. The van der Waals surface area contributed by atoms with Crippen LogP contribution in [-0.2, 0) is 13.0 Å². The Balaban J connectivity index is 1.92. The van der Waals surface area contributed by atoms with Gasteiger partial charge in [-0.15, -0.1) is 5.10 Å². The fourth-order valence-electron chi connectivity index (χ4n) is 2.15. The van der Waals surface area contributed by atoms with Gasteiger partial charge in [0.1, 0.15) is 0 Å². The molecule has 2 N–H and O–H groups in total. The van der Waals surface area contributed by atoms with Crippen LogP contribution in [0.5, 0.6) is 0 Å². The standard InChI is InChI=1S/C14H15N5/c15-7-6-13-10-19(18-17-13)9-12-4-1-3-11-5-2-8-16-14(11)12/h1-5,8,10H,6-7,9,15H2. The molecule has 0 aliphatic rings. The third-order valence-electron chi connectivity index (χ3n) is 3.04. The second-order valence-corrected chi connectivity index (χ2v) is 4.44. The molecule has 5 nitrogen and oxygen atoms in total. The van der Waals surface area contributed by atoms with Crippen molar-refractivity contribution in [3.8, 4) is 0 Å². The van der Waals surface area contributed by atoms with Crippen LogP contribution in [-0.4, -0.2) is 26.5 Å². The van der Waals surface area contributed by atoms with E-state index in [2.05, 4.69) is 33.5 Å². The van der Waals surface area contributed by atoms with E-state index in [9.17, 15) is 0 Å². The van der Waals surface area contributed by atoms with Crippen LogP contribution >= 0.6 is 0 Å². The Morgan fingerprint density at radius 3 is 2.95 bits per heavy atom. The molecule has 0 spiro atoms. The summed E-state index contributed by atoms with van der Waals surface area (Å²) in [6.07, 6.45) is 4.51. The first-order chi connectivity index (χ1) is 9.36. The van der Waals surface area contributed by atoms with E-state index in [4.69, 9.17) is 5.73 Å². The van der Waals surface area contributed by atoms with E-state index in [1.54, 1.807) is 0 Å². The highest BCUT2D eigenvalue weighted by atomic mass is 15.4. The van der Waals surface area contributed by atoms with Gasteiger partial charge in [0.2, 0.25) is 0 Å². The molecule has 96 valence electrons. The third kappa shape index (κ3) is 2.46. The van der Waals surface area contributed by atoms with Crippen LogP contribution in [0.15, 0.2) is 42.7 Å². The van der Waals surface area contributed by atoms with Crippen molar-refractivity contribution in [2.45, 2.75) is 13.0 Å². The fourth-order valence-corrected chi connectivity index (χ4v) is 2.15. The summed E-state index contributed by atoms with van der Waals surface area (Å²) in [5, 5.41) is 9.36. The van der Waals surface area contributed by atoms with Gasteiger partial charge < -0.3 is 5.73 Å². The number of hydrogen-bond acceptors (Lipinski definition) is 4. The van der Waals surface area contributed by atoms with E-state index < -0.39 is 0 Å². The van der Waals surface area contributed by atoms with Crippen LogP contribution in [0, 0.1) is 0 Å². The molecule has 0 saturated carbocycles. The number of pyridine rings is 1. The first-order valence-corrected chi connectivity index (χ1v) is 6.28. The van der Waals surface area contributed by atoms with Crippen LogP contribution in [0.4, 0.5) is 0 Å². The van der Waals surface area contributed by atoms with Gasteiger partial charge >= 0.3 is 0 Å². The number of fused-ring (bicyclic) bond motifs is 1. The topological polar surface area (TPSA) is 69.6 Å². The zero-order chi connectivity index (χ0) is 13.1. The average Bonchev–Trinajstić information content (AvgIpc) is 2.87. The molecule has 0 atom stereocenters. The van der Waals surface area contributed by atoms with E-state index in [1.165, 1.54) is 0 Å². The van der Waals surface area contributed by atoms with E-state index >= 15 is 0 Å². The summed E-state index contributed by atoms with van der Waals surface area (Å²) in [4.78, 5) is 4.44. The molecular weight excluding hydrogens is 238 g/mol. The number of para-hydroxylation sites is 1. The maximum Gasteiger partial charge on any atom is 0.0839 e. The van der Waals surface area contributed by atoms with Crippen LogP contribution in [0.25, 0.3) is 10.9 Å². The SMILES string of the molecule is NCCc1cn(Cc2cccc3cccnc23)nn1. The van der Waals surface area contributed by atoms with Crippen molar-refractivity contribution in [1.29, 1.82) is 0 Å². The van der Waals surface area contributed by atoms with Gasteiger partial charge in [0.25, 0.3) is 0 Å². The Hall–Kier alpha value is -2.27. The lowest BCUT2D eigenvalue weighted by molar-refractivity contribution is 0.651. The molecule has 0 radical (unpaired) electrons. The molecule has 0 unspecified atom stereocenters. The molecule has 0 aliphatic heterocycles. The quantitative estimate of drug-likeness (QED) is 0.762. The Morgan fingerprint density at radius 2 is 2.05 bits per heavy atom. The van der Waals surface area contributed by atoms with Gasteiger partial charge in [-0.1, -0.05) is 29.5 Å². The Bertz CT molecular complexity index is 684. The van der Waals surface area contributed by atoms with Gasteiger partial charge in [0, 0.05) is 24.2 Å². The lowest BCUT2D eigenvalue weighted by Gasteiger charge is -2.04. The summed E-state index contributed by atoms with van der Waals surface area (Å²) in [6, 6.07) is 10.2. The van der Waals surface area contributed by atoms with Gasteiger partial charge in [0.05, 0.1) is 17.8 Å². The molecule has 3 aromatic rings. The van der Waals surface area contributed by atoms with E-state index in [1.807, 2.05) is 29.2 Å². The Labute approximate surface area is 111 Å².